The molecule has 0 radical (unpaired) electrons. The molecule has 1 unspecified atom stereocenters. The molecule has 1 atom stereocenters. The van der Waals surface area contributed by atoms with Crippen molar-refractivity contribution in [1.29, 1.82) is 0 Å². The molecule has 2 aromatic heterocycles. The van der Waals surface area contributed by atoms with Crippen LogP contribution in [0.25, 0.3) is 0 Å². The molecule has 0 aliphatic heterocycles. The zero-order valence-corrected chi connectivity index (χ0v) is 12.4. The predicted octanol–water partition coefficient (Wildman–Crippen LogP) is 4.09. The van der Waals surface area contributed by atoms with Gasteiger partial charge in [0.25, 0.3) is 0 Å². The van der Waals surface area contributed by atoms with Crippen LogP contribution in [0.2, 0.25) is 0 Å². The maximum atomic E-state index is 4.44. The summed E-state index contributed by atoms with van der Waals surface area (Å²) in [6.45, 7) is 6.20. The molecular weight excluding hydrogens is 298 g/mol. The summed E-state index contributed by atoms with van der Waals surface area (Å²) < 4.78 is 0.978. The molecule has 0 spiro atoms. The molecule has 17 heavy (non-hydrogen) atoms. The second kappa shape index (κ2) is 5.14. The summed E-state index contributed by atoms with van der Waals surface area (Å²) >= 11 is 5.21. The fraction of sp³-hybridized carbons (Fsp3) is 0.333. The van der Waals surface area contributed by atoms with Gasteiger partial charge in [-0.1, -0.05) is 0 Å². The SMILES string of the molecule is Cc1nc(C)c(C(C)Nc2ncccc2Br)s1. The summed E-state index contributed by atoms with van der Waals surface area (Å²) in [6.07, 6.45) is 1.78. The van der Waals surface area contributed by atoms with Gasteiger partial charge < -0.3 is 5.32 Å². The minimum atomic E-state index is 0.215. The third-order valence-corrected chi connectivity index (χ3v) is 4.34. The lowest BCUT2D eigenvalue weighted by Crippen LogP contribution is -2.08. The Kier molecular flexibility index (Phi) is 3.79. The fourth-order valence-corrected chi connectivity index (χ4v) is 3.01. The summed E-state index contributed by atoms with van der Waals surface area (Å²) in [5.74, 6) is 0.866. The van der Waals surface area contributed by atoms with Crippen LogP contribution in [0.3, 0.4) is 0 Å². The van der Waals surface area contributed by atoms with Crippen LogP contribution in [0.1, 0.15) is 28.5 Å². The zero-order valence-electron chi connectivity index (χ0n) is 9.99. The van der Waals surface area contributed by atoms with Gasteiger partial charge in [-0.3, -0.25) is 0 Å². The van der Waals surface area contributed by atoms with E-state index in [4.69, 9.17) is 0 Å². The van der Waals surface area contributed by atoms with E-state index in [1.165, 1.54) is 4.88 Å². The van der Waals surface area contributed by atoms with E-state index in [1.54, 1.807) is 17.5 Å². The van der Waals surface area contributed by atoms with E-state index in [1.807, 2.05) is 26.0 Å². The summed E-state index contributed by atoms with van der Waals surface area (Å²) in [4.78, 5) is 10.0. The molecular formula is C12H14BrN3S. The standard InChI is InChI=1S/C12H14BrN3S/c1-7-11(17-9(3)15-7)8(2)16-12-10(13)5-4-6-14-12/h4-6,8H,1-3H3,(H,14,16). The molecule has 0 aromatic carbocycles. The average Bonchev–Trinajstić information content (AvgIpc) is 2.61. The predicted molar refractivity (Wildman–Crippen MR) is 75.6 cm³/mol. The van der Waals surface area contributed by atoms with Crippen molar-refractivity contribution in [1.82, 2.24) is 9.97 Å². The maximum absolute atomic E-state index is 4.44. The molecule has 2 heterocycles. The number of pyridine rings is 1. The molecule has 1 N–H and O–H groups in total. The molecule has 2 rings (SSSR count). The van der Waals surface area contributed by atoms with E-state index in [2.05, 4.69) is 38.1 Å². The molecule has 0 fully saturated rings. The van der Waals surface area contributed by atoms with E-state index >= 15 is 0 Å². The summed E-state index contributed by atoms with van der Waals surface area (Å²) in [7, 11) is 0. The average molecular weight is 312 g/mol. The molecule has 0 bridgehead atoms. The summed E-state index contributed by atoms with van der Waals surface area (Å²) in [5, 5.41) is 4.50. The van der Waals surface area contributed by atoms with Crippen molar-refractivity contribution in [3.05, 3.63) is 38.4 Å². The quantitative estimate of drug-likeness (QED) is 0.927. The molecule has 5 heteroatoms. The van der Waals surface area contributed by atoms with Gasteiger partial charge in [0.2, 0.25) is 0 Å². The lowest BCUT2D eigenvalue weighted by Gasteiger charge is -2.14. The highest BCUT2D eigenvalue weighted by molar-refractivity contribution is 9.10. The van der Waals surface area contributed by atoms with Gasteiger partial charge >= 0.3 is 0 Å². The number of aromatic nitrogens is 2. The second-order valence-electron chi connectivity index (χ2n) is 3.88. The lowest BCUT2D eigenvalue weighted by atomic mass is 10.2. The van der Waals surface area contributed by atoms with Crippen molar-refractivity contribution in [3.8, 4) is 0 Å². The van der Waals surface area contributed by atoms with Gasteiger partial charge in [-0.25, -0.2) is 9.97 Å². The van der Waals surface area contributed by atoms with Crippen molar-refractivity contribution in [3.63, 3.8) is 0 Å². The van der Waals surface area contributed by atoms with Gasteiger partial charge in [-0.15, -0.1) is 11.3 Å². The number of anilines is 1. The van der Waals surface area contributed by atoms with Crippen LogP contribution < -0.4 is 5.32 Å². The summed E-state index contributed by atoms with van der Waals surface area (Å²) in [5.41, 5.74) is 1.10. The van der Waals surface area contributed by atoms with Crippen LogP contribution >= 0.6 is 27.3 Å². The van der Waals surface area contributed by atoms with Gasteiger partial charge in [-0.2, -0.15) is 0 Å². The molecule has 0 aliphatic rings. The first-order valence-corrected chi connectivity index (χ1v) is 7.00. The molecule has 90 valence electrons. The monoisotopic (exact) mass is 311 g/mol. The van der Waals surface area contributed by atoms with Crippen LogP contribution in [-0.2, 0) is 0 Å². The Balaban J connectivity index is 2.20. The van der Waals surface area contributed by atoms with Crippen molar-refractivity contribution >= 4 is 33.1 Å². The third kappa shape index (κ3) is 2.84. The second-order valence-corrected chi connectivity index (χ2v) is 5.97. The van der Waals surface area contributed by atoms with Gasteiger partial charge in [-0.05, 0) is 48.8 Å². The van der Waals surface area contributed by atoms with E-state index in [9.17, 15) is 0 Å². The van der Waals surface area contributed by atoms with Crippen molar-refractivity contribution in [2.75, 3.05) is 5.32 Å². The largest absolute Gasteiger partial charge is 0.362 e. The zero-order chi connectivity index (χ0) is 12.4. The Morgan fingerprint density at radius 2 is 2.18 bits per heavy atom. The van der Waals surface area contributed by atoms with E-state index in [0.717, 1.165) is 21.0 Å². The van der Waals surface area contributed by atoms with Crippen molar-refractivity contribution in [2.24, 2.45) is 0 Å². The fourth-order valence-electron chi connectivity index (χ4n) is 1.71. The highest BCUT2D eigenvalue weighted by atomic mass is 79.9. The molecule has 0 aliphatic carbocycles. The Morgan fingerprint density at radius 1 is 1.41 bits per heavy atom. The first-order valence-electron chi connectivity index (χ1n) is 5.39. The Bertz CT molecular complexity index is 524. The number of thiazole rings is 1. The highest BCUT2D eigenvalue weighted by Gasteiger charge is 2.14. The molecule has 0 saturated heterocycles. The van der Waals surface area contributed by atoms with Crippen LogP contribution in [0.15, 0.2) is 22.8 Å². The Labute approximate surface area is 113 Å². The highest BCUT2D eigenvalue weighted by Crippen LogP contribution is 2.29. The lowest BCUT2D eigenvalue weighted by molar-refractivity contribution is 0.878. The van der Waals surface area contributed by atoms with Gasteiger partial charge in [0.1, 0.15) is 5.82 Å². The van der Waals surface area contributed by atoms with E-state index in [-0.39, 0.29) is 6.04 Å². The number of nitrogens with zero attached hydrogens (tertiary/aromatic N) is 2. The summed E-state index contributed by atoms with van der Waals surface area (Å²) in [6, 6.07) is 4.10. The number of nitrogens with one attached hydrogen (secondary N) is 1. The molecule has 0 saturated carbocycles. The number of rotatable bonds is 3. The van der Waals surface area contributed by atoms with Gasteiger partial charge in [0.05, 0.1) is 21.2 Å². The Hall–Kier alpha value is -0.940. The van der Waals surface area contributed by atoms with Crippen molar-refractivity contribution < 1.29 is 0 Å². The van der Waals surface area contributed by atoms with Crippen LogP contribution in [0, 0.1) is 13.8 Å². The minimum absolute atomic E-state index is 0.215. The number of hydrogen-bond acceptors (Lipinski definition) is 4. The minimum Gasteiger partial charge on any atom is -0.362 e. The van der Waals surface area contributed by atoms with Crippen LogP contribution in [0.4, 0.5) is 5.82 Å². The first-order chi connectivity index (χ1) is 8.08. The topological polar surface area (TPSA) is 37.8 Å². The van der Waals surface area contributed by atoms with Crippen LogP contribution in [0.5, 0.6) is 0 Å². The van der Waals surface area contributed by atoms with Crippen LogP contribution in [-0.4, -0.2) is 9.97 Å². The molecule has 0 amide bonds. The Morgan fingerprint density at radius 3 is 2.76 bits per heavy atom. The number of halogens is 1. The van der Waals surface area contributed by atoms with Gasteiger partial charge in [0.15, 0.2) is 0 Å². The van der Waals surface area contributed by atoms with Gasteiger partial charge in [0, 0.05) is 11.1 Å². The number of hydrogen-bond donors (Lipinski definition) is 1. The maximum Gasteiger partial charge on any atom is 0.140 e. The molecule has 3 nitrogen and oxygen atoms in total. The number of aryl methyl sites for hydroxylation is 2. The molecule has 2 aromatic rings. The van der Waals surface area contributed by atoms with E-state index in [0.29, 0.717) is 0 Å². The normalized spacial score (nSPS) is 12.5. The smallest absolute Gasteiger partial charge is 0.140 e. The van der Waals surface area contributed by atoms with E-state index < -0.39 is 0 Å². The van der Waals surface area contributed by atoms with Crippen molar-refractivity contribution in [2.45, 2.75) is 26.8 Å². The first kappa shape index (κ1) is 12.5. The third-order valence-electron chi connectivity index (χ3n) is 2.44.